The molecule has 3 aliphatic rings. The highest BCUT2D eigenvalue weighted by Gasteiger charge is 2.46. The molecule has 2 saturated carbocycles. The predicted octanol–water partition coefficient (Wildman–Crippen LogP) is 4.22. The summed E-state index contributed by atoms with van der Waals surface area (Å²) in [5, 5.41) is 25.0. The Balaban J connectivity index is 1.10. The van der Waals surface area contributed by atoms with Crippen LogP contribution in [0.1, 0.15) is 82.9 Å². The Kier molecular flexibility index (Phi) is 5.39. The Hall–Kier alpha value is -3.21. The van der Waals surface area contributed by atoms with E-state index in [-0.39, 0.29) is 23.9 Å². The molecule has 1 aliphatic heterocycles. The Morgan fingerprint density at radius 1 is 1.29 bits per heavy atom. The first kappa shape index (κ1) is 22.3. The van der Waals surface area contributed by atoms with E-state index in [4.69, 9.17) is 11.6 Å². The van der Waals surface area contributed by atoms with Gasteiger partial charge in [-0.3, -0.25) is 4.79 Å². The molecular weight excluding hydrogens is 460 g/mol. The molecule has 178 valence electrons. The number of nitrogens with zero attached hydrogens (tertiary/aromatic N) is 4. The van der Waals surface area contributed by atoms with Gasteiger partial charge >= 0.3 is 0 Å². The van der Waals surface area contributed by atoms with Gasteiger partial charge in [0.2, 0.25) is 0 Å². The molecule has 3 aromatic rings. The maximum absolute atomic E-state index is 12.8. The van der Waals surface area contributed by atoms with Crippen LogP contribution < -0.4 is 10.6 Å². The summed E-state index contributed by atoms with van der Waals surface area (Å²) < 4.78 is 1.76. The van der Waals surface area contributed by atoms with E-state index in [0.29, 0.717) is 21.7 Å². The van der Waals surface area contributed by atoms with Gasteiger partial charge < -0.3 is 10.6 Å². The highest BCUT2D eigenvalue weighted by Crippen LogP contribution is 2.50. The van der Waals surface area contributed by atoms with Crippen LogP contribution in [0.3, 0.4) is 0 Å². The monoisotopic (exact) mass is 486 g/mol. The summed E-state index contributed by atoms with van der Waals surface area (Å²) >= 11 is 6.12. The van der Waals surface area contributed by atoms with Gasteiger partial charge in [-0.25, -0.2) is 4.68 Å². The van der Waals surface area contributed by atoms with Crippen LogP contribution >= 0.6 is 11.6 Å². The number of amides is 1. The van der Waals surface area contributed by atoms with Crippen molar-refractivity contribution in [1.29, 1.82) is 5.26 Å². The average Bonchev–Trinajstić information content (AvgIpc) is 3.42. The molecule has 2 aliphatic carbocycles. The number of carbonyl (C=O) groups excluding carboxylic acids is 1. The van der Waals surface area contributed by atoms with E-state index in [2.05, 4.69) is 52.1 Å². The Bertz CT molecular complexity index is 1350. The average molecular weight is 487 g/mol. The summed E-state index contributed by atoms with van der Waals surface area (Å²) in [6.07, 6.45) is 5.81. The van der Waals surface area contributed by atoms with Crippen molar-refractivity contribution < 1.29 is 4.79 Å². The number of hydrogen-bond donors (Lipinski definition) is 2. The third-order valence-electron chi connectivity index (χ3n) is 8.00. The zero-order chi connectivity index (χ0) is 24.2. The molecule has 0 bridgehead atoms. The van der Waals surface area contributed by atoms with Crippen LogP contribution in [0.25, 0.3) is 0 Å². The Morgan fingerprint density at radius 3 is 2.89 bits per heavy atom. The number of rotatable bonds is 5. The van der Waals surface area contributed by atoms with Crippen LogP contribution in [0, 0.1) is 11.3 Å². The molecular formula is C27H27ClN6O. The second kappa shape index (κ2) is 8.47. The first-order chi connectivity index (χ1) is 17.0. The lowest BCUT2D eigenvalue weighted by atomic mass is 9.74. The Labute approximate surface area is 209 Å². The van der Waals surface area contributed by atoms with Crippen molar-refractivity contribution in [3.05, 3.63) is 81.1 Å². The minimum Gasteiger partial charge on any atom is -0.348 e. The minimum atomic E-state index is -0.219. The lowest BCUT2D eigenvalue weighted by Gasteiger charge is -2.36. The van der Waals surface area contributed by atoms with Crippen molar-refractivity contribution in [2.45, 2.75) is 62.6 Å². The Morgan fingerprint density at radius 2 is 2.11 bits per heavy atom. The first-order valence-corrected chi connectivity index (χ1v) is 12.6. The zero-order valence-corrected chi connectivity index (χ0v) is 20.3. The SMILES string of the molecule is C[C@H](c1ccc2c(c1)CNCC21CC1)n1cc(C(=O)N[C@H]2C[C@@H](c3cc(Cl)ccc3C#N)C2)nn1. The number of benzene rings is 2. The van der Waals surface area contributed by atoms with Crippen molar-refractivity contribution in [1.82, 2.24) is 25.6 Å². The molecule has 0 unspecified atom stereocenters. The van der Waals surface area contributed by atoms with Gasteiger partial charge in [0.25, 0.3) is 5.91 Å². The van der Waals surface area contributed by atoms with E-state index >= 15 is 0 Å². The summed E-state index contributed by atoms with van der Waals surface area (Å²) in [6, 6.07) is 14.3. The smallest absolute Gasteiger partial charge is 0.273 e. The van der Waals surface area contributed by atoms with Gasteiger partial charge in [-0.2, -0.15) is 5.26 Å². The van der Waals surface area contributed by atoms with E-state index in [1.54, 1.807) is 23.0 Å². The number of fused-ring (bicyclic) bond motifs is 2. The molecule has 1 spiro atoms. The summed E-state index contributed by atoms with van der Waals surface area (Å²) in [5.41, 5.74) is 6.30. The maximum Gasteiger partial charge on any atom is 0.273 e. The van der Waals surface area contributed by atoms with Gasteiger partial charge in [0.05, 0.1) is 23.9 Å². The number of nitrogens with one attached hydrogen (secondary N) is 2. The molecule has 0 saturated heterocycles. The molecule has 1 aromatic heterocycles. The molecule has 1 atom stereocenters. The van der Waals surface area contributed by atoms with Crippen molar-refractivity contribution in [2.24, 2.45) is 0 Å². The molecule has 1 amide bonds. The second-order valence-corrected chi connectivity index (χ2v) is 10.7. The molecule has 0 radical (unpaired) electrons. The van der Waals surface area contributed by atoms with Crippen LogP contribution in [-0.2, 0) is 12.0 Å². The van der Waals surface area contributed by atoms with Gasteiger partial charge in [-0.15, -0.1) is 5.10 Å². The summed E-state index contributed by atoms with van der Waals surface area (Å²) in [5.74, 6) is 0.00134. The molecule has 35 heavy (non-hydrogen) atoms. The van der Waals surface area contributed by atoms with E-state index in [0.717, 1.165) is 37.1 Å². The molecule has 2 heterocycles. The number of aromatic nitrogens is 3. The first-order valence-electron chi connectivity index (χ1n) is 12.2. The highest BCUT2D eigenvalue weighted by atomic mass is 35.5. The third-order valence-corrected chi connectivity index (χ3v) is 8.24. The lowest BCUT2D eigenvalue weighted by molar-refractivity contribution is 0.0903. The van der Waals surface area contributed by atoms with Crippen LogP contribution in [0.15, 0.2) is 42.6 Å². The maximum atomic E-state index is 12.8. The summed E-state index contributed by atoms with van der Waals surface area (Å²) in [7, 11) is 0. The quantitative estimate of drug-likeness (QED) is 0.562. The van der Waals surface area contributed by atoms with E-state index in [1.807, 2.05) is 6.07 Å². The standard InChI is InChI=1S/C27H27ClN6O/c1-16(17-3-5-24-20(8-17)13-30-15-27(24)6-7-27)34-14-25(32-33-34)26(35)31-22-9-19(10-22)23-11-21(28)4-2-18(23)12-29/h2-5,8,11,14,16,19,22,30H,6-7,9-10,13,15H2,1H3,(H,31,35)/t16-,19-,22+/m1/s1. The fourth-order valence-corrected chi connectivity index (χ4v) is 5.79. The zero-order valence-electron chi connectivity index (χ0n) is 19.6. The van der Waals surface area contributed by atoms with Crippen molar-refractivity contribution in [3.63, 3.8) is 0 Å². The van der Waals surface area contributed by atoms with Crippen LogP contribution in [0.4, 0.5) is 0 Å². The third kappa shape index (κ3) is 4.01. The number of carbonyl (C=O) groups is 1. The molecule has 2 N–H and O–H groups in total. The topological polar surface area (TPSA) is 95.6 Å². The summed E-state index contributed by atoms with van der Waals surface area (Å²) in [6.45, 7) is 4.06. The molecule has 8 heteroatoms. The number of halogens is 1. The molecule has 2 aromatic carbocycles. The van der Waals surface area contributed by atoms with Gasteiger partial charge in [0, 0.05) is 29.6 Å². The van der Waals surface area contributed by atoms with Crippen LogP contribution in [-0.4, -0.2) is 33.5 Å². The number of hydrogen-bond acceptors (Lipinski definition) is 5. The fourth-order valence-electron chi connectivity index (χ4n) is 5.61. The summed E-state index contributed by atoms with van der Waals surface area (Å²) in [4.78, 5) is 12.8. The molecule has 2 fully saturated rings. The predicted molar refractivity (Wildman–Crippen MR) is 132 cm³/mol. The van der Waals surface area contributed by atoms with Crippen molar-refractivity contribution in [2.75, 3.05) is 6.54 Å². The lowest BCUT2D eigenvalue weighted by Crippen LogP contribution is -2.43. The largest absolute Gasteiger partial charge is 0.348 e. The second-order valence-electron chi connectivity index (χ2n) is 10.2. The van der Waals surface area contributed by atoms with Crippen molar-refractivity contribution >= 4 is 17.5 Å². The normalized spacial score (nSPS) is 22.5. The van der Waals surface area contributed by atoms with E-state index < -0.39 is 0 Å². The minimum absolute atomic E-state index is 0.0215. The van der Waals surface area contributed by atoms with Crippen LogP contribution in [0.5, 0.6) is 0 Å². The van der Waals surface area contributed by atoms with Gasteiger partial charge in [0.15, 0.2) is 5.69 Å². The molecule has 6 rings (SSSR count). The van der Waals surface area contributed by atoms with Crippen LogP contribution in [0.2, 0.25) is 5.02 Å². The van der Waals surface area contributed by atoms with Gasteiger partial charge in [-0.05, 0) is 79.0 Å². The number of nitriles is 1. The van der Waals surface area contributed by atoms with E-state index in [9.17, 15) is 10.1 Å². The fraction of sp³-hybridized carbons (Fsp3) is 0.407. The van der Waals surface area contributed by atoms with E-state index in [1.165, 1.54) is 24.0 Å². The highest BCUT2D eigenvalue weighted by molar-refractivity contribution is 6.30. The van der Waals surface area contributed by atoms with Gasteiger partial charge in [0.1, 0.15) is 0 Å². The molecule has 7 nitrogen and oxygen atoms in total. The van der Waals surface area contributed by atoms with Crippen molar-refractivity contribution in [3.8, 4) is 6.07 Å². The van der Waals surface area contributed by atoms with Gasteiger partial charge in [-0.1, -0.05) is 35.0 Å².